The summed E-state index contributed by atoms with van der Waals surface area (Å²) in [6.07, 6.45) is 0. The number of carbonyl (C=O) groups excluding carboxylic acids is 1. The van der Waals surface area contributed by atoms with Crippen molar-refractivity contribution in [2.24, 2.45) is 5.73 Å². The van der Waals surface area contributed by atoms with E-state index in [9.17, 15) is 4.79 Å². The molecule has 0 aromatic heterocycles. The summed E-state index contributed by atoms with van der Waals surface area (Å²) in [4.78, 5) is 11.6. The second kappa shape index (κ2) is 6.54. The highest BCUT2D eigenvalue weighted by Crippen LogP contribution is 2.22. The molecule has 0 aliphatic rings. The van der Waals surface area contributed by atoms with Crippen LogP contribution in [0, 0.1) is 0 Å². The third-order valence-corrected chi connectivity index (χ3v) is 3.44. The van der Waals surface area contributed by atoms with Crippen molar-refractivity contribution in [3.05, 3.63) is 64.1 Å². The van der Waals surface area contributed by atoms with Crippen molar-refractivity contribution in [2.45, 2.75) is 12.6 Å². The first-order valence-corrected chi connectivity index (χ1v) is 6.90. The molecule has 5 heteroatoms. The summed E-state index contributed by atoms with van der Waals surface area (Å²) < 4.78 is 0.937. The molecule has 1 unspecified atom stereocenters. The first-order valence-electron chi connectivity index (χ1n) is 6.11. The third-order valence-electron chi connectivity index (χ3n) is 2.91. The molecule has 104 valence electrons. The van der Waals surface area contributed by atoms with Crippen molar-refractivity contribution in [2.75, 3.05) is 5.32 Å². The van der Waals surface area contributed by atoms with Gasteiger partial charge in [-0.25, -0.2) is 0 Å². The number of hydrogen-bond acceptors (Lipinski definition) is 3. The fraction of sp³-hybridized carbons (Fsp3) is 0.133. The Morgan fingerprint density at radius 2 is 1.95 bits per heavy atom. The lowest BCUT2D eigenvalue weighted by Crippen LogP contribution is -2.27. The van der Waals surface area contributed by atoms with Gasteiger partial charge in [-0.05, 0) is 35.4 Å². The van der Waals surface area contributed by atoms with E-state index in [1.54, 1.807) is 6.07 Å². The van der Waals surface area contributed by atoms with Crippen LogP contribution in [-0.2, 0) is 11.4 Å². The van der Waals surface area contributed by atoms with Gasteiger partial charge in [0.25, 0.3) is 0 Å². The van der Waals surface area contributed by atoms with Gasteiger partial charge in [0, 0.05) is 10.2 Å². The van der Waals surface area contributed by atoms with Crippen LogP contribution in [0.3, 0.4) is 0 Å². The number of aliphatic hydroxyl groups is 1. The predicted molar refractivity (Wildman–Crippen MR) is 82.1 cm³/mol. The molecule has 1 atom stereocenters. The Balaban J connectivity index is 2.25. The number of carbonyl (C=O) groups is 1. The van der Waals surface area contributed by atoms with Gasteiger partial charge in [-0.15, -0.1) is 0 Å². The normalized spacial score (nSPS) is 11.9. The SMILES string of the molecule is NC(=O)C(Nc1cccc(CO)c1)c1ccc(Br)cc1. The van der Waals surface area contributed by atoms with Crippen LogP contribution in [-0.4, -0.2) is 11.0 Å². The largest absolute Gasteiger partial charge is 0.392 e. The molecule has 0 spiro atoms. The summed E-state index contributed by atoms with van der Waals surface area (Å²) >= 11 is 3.35. The lowest BCUT2D eigenvalue weighted by atomic mass is 10.1. The molecule has 4 nitrogen and oxygen atoms in total. The van der Waals surface area contributed by atoms with E-state index in [1.165, 1.54) is 0 Å². The predicted octanol–water partition coefficient (Wildman–Crippen LogP) is 2.58. The Hall–Kier alpha value is -1.85. The first-order chi connectivity index (χ1) is 9.60. The summed E-state index contributed by atoms with van der Waals surface area (Å²) in [5.41, 5.74) is 7.76. The Morgan fingerprint density at radius 1 is 1.25 bits per heavy atom. The van der Waals surface area contributed by atoms with Gasteiger partial charge in [0.1, 0.15) is 6.04 Å². The van der Waals surface area contributed by atoms with Crippen molar-refractivity contribution in [1.29, 1.82) is 0 Å². The number of halogens is 1. The van der Waals surface area contributed by atoms with Crippen LogP contribution in [0.15, 0.2) is 53.0 Å². The zero-order chi connectivity index (χ0) is 14.5. The summed E-state index contributed by atoms with van der Waals surface area (Å²) in [6, 6.07) is 14.0. The van der Waals surface area contributed by atoms with Crippen LogP contribution in [0.1, 0.15) is 17.2 Å². The van der Waals surface area contributed by atoms with Gasteiger partial charge in [0.15, 0.2) is 0 Å². The van der Waals surface area contributed by atoms with E-state index in [1.807, 2.05) is 42.5 Å². The molecular weight excluding hydrogens is 320 g/mol. The van der Waals surface area contributed by atoms with Crippen LogP contribution in [0.5, 0.6) is 0 Å². The molecule has 0 radical (unpaired) electrons. The van der Waals surface area contributed by atoms with Crippen LogP contribution in [0.25, 0.3) is 0 Å². The summed E-state index contributed by atoms with van der Waals surface area (Å²) in [5.74, 6) is -0.457. The Morgan fingerprint density at radius 3 is 2.55 bits per heavy atom. The monoisotopic (exact) mass is 334 g/mol. The molecule has 4 N–H and O–H groups in total. The second-order valence-corrected chi connectivity index (χ2v) is 5.31. The average Bonchev–Trinajstić information content (AvgIpc) is 2.46. The topological polar surface area (TPSA) is 75.4 Å². The molecule has 0 heterocycles. The highest BCUT2D eigenvalue weighted by molar-refractivity contribution is 9.10. The molecule has 0 bridgehead atoms. The summed E-state index contributed by atoms with van der Waals surface area (Å²) in [6.45, 7) is -0.0466. The number of hydrogen-bond donors (Lipinski definition) is 3. The van der Waals surface area contributed by atoms with Crippen molar-refractivity contribution in [1.82, 2.24) is 0 Å². The molecule has 2 rings (SSSR count). The number of nitrogens with one attached hydrogen (secondary N) is 1. The minimum atomic E-state index is -0.614. The van der Waals surface area contributed by atoms with E-state index in [0.717, 1.165) is 21.3 Å². The van der Waals surface area contributed by atoms with Crippen LogP contribution in [0.4, 0.5) is 5.69 Å². The van der Waals surface area contributed by atoms with Gasteiger partial charge in [0.2, 0.25) is 5.91 Å². The first kappa shape index (κ1) is 14.6. The number of nitrogens with two attached hydrogens (primary N) is 1. The van der Waals surface area contributed by atoms with E-state index in [2.05, 4.69) is 21.2 Å². The van der Waals surface area contributed by atoms with Crippen molar-refractivity contribution in [3.8, 4) is 0 Å². The van der Waals surface area contributed by atoms with E-state index in [0.29, 0.717) is 0 Å². The van der Waals surface area contributed by atoms with Crippen LogP contribution in [0.2, 0.25) is 0 Å². The Bertz CT molecular complexity index is 599. The van der Waals surface area contributed by atoms with Gasteiger partial charge < -0.3 is 16.2 Å². The van der Waals surface area contributed by atoms with Crippen molar-refractivity contribution < 1.29 is 9.90 Å². The van der Waals surface area contributed by atoms with Gasteiger partial charge in [-0.3, -0.25) is 4.79 Å². The van der Waals surface area contributed by atoms with Crippen LogP contribution < -0.4 is 11.1 Å². The molecule has 2 aromatic carbocycles. The summed E-state index contributed by atoms with van der Waals surface area (Å²) in [7, 11) is 0. The number of aliphatic hydroxyl groups excluding tert-OH is 1. The quantitative estimate of drug-likeness (QED) is 0.786. The number of primary amides is 1. The van der Waals surface area contributed by atoms with E-state index >= 15 is 0 Å². The minimum absolute atomic E-state index is 0.0466. The minimum Gasteiger partial charge on any atom is -0.392 e. The molecule has 2 aromatic rings. The number of rotatable bonds is 5. The van der Waals surface area contributed by atoms with Crippen LogP contribution >= 0.6 is 15.9 Å². The Kier molecular flexibility index (Phi) is 4.76. The molecule has 0 aliphatic carbocycles. The summed E-state index contributed by atoms with van der Waals surface area (Å²) in [5, 5.41) is 12.2. The van der Waals surface area contributed by atoms with Crippen molar-refractivity contribution in [3.63, 3.8) is 0 Å². The maximum absolute atomic E-state index is 11.6. The standard InChI is InChI=1S/C15H15BrN2O2/c16-12-6-4-11(5-7-12)14(15(17)20)18-13-3-1-2-10(8-13)9-19/h1-8,14,18-19H,9H2,(H2,17,20). The van der Waals surface area contributed by atoms with E-state index < -0.39 is 11.9 Å². The molecule has 1 amide bonds. The highest BCUT2D eigenvalue weighted by atomic mass is 79.9. The van der Waals surface area contributed by atoms with Gasteiger partial charge in [-0.2, -0.15) is 0 Å². The fourth-order valence-electron chi connectivity index (χ4n) is 1.90. The molecule has 0 saturated heterocycles. The fourth-order valence-corrected chi connectivity index (χ4v) is 2.16. The van der Waals surface area contributed by atoms with Gasteiger partial charge in [0.05, 0.1) is 6.61 Å². The van der Waals surface area contributed by atoms with Gasteiger partial charge >= 0.3 is 0 Å². The lowest BCUT2D eigenvalue weighted by molar-refractivity contribution is -0.118. The molecule has 0 fully saturated rings. The van der Waals surface area contributed by atoms with E-state index in [4.69, 9.17) is 10.8 Å². The van der Waals surface area contributed by atoms with Gasteiger partial charge in [-0.1, -0.05) is 40.2 Å². The number of anilines is 1. The maximum Gasteiger partial charge on any atom is 0.244 e. The second-order valence-electron chi connectivity index (χ2n) is 4.39. The zero-order valence-electron chi connectivity index (χ0n) is 10.7. The van der Waals surface area contributed by atoms with Crippen molar-refractivity contribution >= 4 is 27.5 Å². The van der Waals surface area contributed by atoms with E-state index in [-0.39, 0.29) is 6.61 Å². The Labute approximate surface area is 125 Å². The number of amides is 1. The highest BCUT2D eigenvalue weighted by Gasteiger charge is 2.17. The maximum atomic E-state index is 11.6. The third kappa shape index (κ3) is 3.59. The smallest absolute Gasteiger partial charge is 0.244 e. The molecule has 0 saturated carbocycles. The molecular formula is C15H15BrN2O2. The zero-order valence-corrected chi connectivity index (χ0v) is 12.3. The average molecular weight is 335 g/mol. The number of benzene rings is 2. The molecule has 20 heavy (non-hydrogen) atoms. The molecule has 0 aliphatic heterocycles. The lowest BCUT2D eigenvalue weighted by Gasteiger charge is -2.17.